The number of imidazole rings is 2. The maximum atomic E-state index is 16.7. The lowest BCUT2D eigenvalue weighted by molar-refractivity contribution is -0.134. The number of nitrogens with two attached hydrogens (primary N) is 1. The van der Waals surface area contributed by atoms with Crippen LogP contribution in [0.15, 0.2) is 48.0 Å². The van der Waals surface area contributed by atoms with Gasteiger partial charge in [-0.3, -0.25) is 32.3 Å². The van der Waals surface area contributed by atoms with Crippen molar-refractivity contribution in [3.63, 3.8) is 0 Å². The largest absolute Gasteiger partial charge is 0.427 e. The first-order valence-corrected chi connectivity index (χ1v) is 25.0. The molecule has 5 aromatic rings. The lowest BCUT2D eigenvalue weighted by Gasteiger charge is -2.28. The predicted octanol–water partition coefficient (Wildman–Crippen LogP) is 5.59. The van der Waals surface area contributed by atoms with Gasteiger partial charge in [0.25, 0.3) is 5.56 Å². The Morgan fingerprint density at radius 3 is 2.43 bits per heavy atom. The van der Waals surface area contributed by atoms with E-state index in [0.29, 0.717) is 29.1 Å². The van der Waals surface area contributed by atoms with E-state index in [9.17, 15) is 19.0 Å². The Bertz CT molecular complexity index is 2590. The average Bonchev–Trinajstić information content (AvgIpc) is 4.02. The van der Waals surface area contributed by atoms with Gasteiger partial charge in [0.15, 0.2) is 47.4 Å². The fourth-order valence-corrected chi connectivity index (χ4v) is 11.5. The molecule has 340 valence electrons. The smallest absolute Gasteiger partial charge is 0.390 e. The van der Waals surface area contributed by atoms with Crippen LogP contribution in [0.3, 0.4) is 0 Å². The molecule has 1 aromatic carbocycles. The Hall–Kier alpha value is -4.22. The van der Waals surface area contributed by atoms with E-state index in [1.54, 1.807) is 24.3 Å². The second-order valence-electron chi connectivity index (χ2n) is 15.1. The highest BCUT2D eigenvalue weighted by Crippen LogP contribution is 2.65. The molecule has 0 amide bonds. The third-order valence-electron chi connectivity index (χ3n) is 10.6. The zero-order chi connectivity index (χ0) is 44.5. The molecule has 63 heavy (non-hydrogen) atoms. The molecule has 21 nitrogen and oxygen atoms in total. The lowest BCUT2D eigenvalue weighted by Crippen LogP contribution is -2.36. The molecule has 7 heterocycles. The first-order valence-electron chi connectivity index (χ1n) is 20.1. The summed E-state index contributed by atoms with van der Waals surface area (Å²) in [5, 5.41) is 0. The Kier molecular flexibility index (Phi) is 13.7. The lowest BCUT2D eigenvalue weighted by atomic mass is 10.1. The Labute approximate surface area is 361 Å². The van der Waals surface area contributed by atoms with Crippen molar-refractivity contribution in [2.24, 2.45) is 0 Å². The maximum Gasteiger partial charge on any atom is 0.390 e. The van der Waals surface area contributed by atoms with Crippen molar-refractivity contribution < 1.29 is 60.1 Å². The quantitative estimate of drug-likeness (QED) is 0.0595. The van der Waals surface area contributed by atoms with Gasteiger partial charge in [0.05, 0.1) is 25.9 Å². The normalized spacial score (nSPS) is 30.4. The first-order chi connectivity index (χ1) is 30.2. The van der Waals surface area contributed by atoms with Crippen LogP contribution in [-0.2, 0) is 47.5 Å². The molecule has 2 unspecified atom stereocenters. The minimum Gasteiger partial charge on any atom is -0.427 e. The molecule has 26 heteroatoms. The molecule has 0 radical (unpaired) electrons. The summed E-state index contributed by atoms with van der Waals surface area (Å²) in [4.78, 5) is 59.2. The standard InChI is InChI=1S/C37H45F2N9O12P2S/c1-3-4-5-6-7-8-25(49)57-22-11-9-21(10-12-22)15-63-62(53)56-14-24-30(27(39)36(59-24)47-17-43-28-32(40)41-16-42-33(28)47)54-19-61(51,52)55-13-23-26(38)31(60-62)37(58-23)48-18-44-29-34(48)45-20(2)46-35(29)50/h9-12,16-18,23-24,26-27,30-31,36-37H,3-8,13-15,19H2,1-2H3,(H,51,52)(H2,40,41,42)(H,45,46,50)/t23-,24-,26-,27-,30-,31-,36-,37-,62?/m1/s1. The van der Waals surface area contributed by atoms with Gasteiger partial charge in [-0.05, 0) is 42.4 Å². The van der Waals surface area contributed by atoms with Gasteiger partial charge in [-0.25, -0.2) is 38.3 Å². The van der Waals surface area contributed by atoms with Crippen LogP contribution in [0.25, 0.3) is 22.3 Å². The third-order valence-corrected chi connectivity index (χ3v) is 15.2. The number of anilines is 1. The minimum absolute atomic E-state index is 0.0202. The molecule has 3 fully saturated rings. The number of unbranched alkanes of at least 4 members (excludes halogenated alkanes) is 4. The van der Waals surface area contributed by atoms with Gasteiger partial charge in [0, 0.05) is 12.2 Å². The van der Waals surface area contributed by atoms with Crippen molar-refractivity contribution in [3.8, 4) is 5.75 Å². The molecule has 2 bridgehead atoms. The van der Waals surface area contributed by atoms with Crippen LogP contribution in [0.5, 0.6) is 5.75 Å². The Morgan fingerprint density at radius 2 is 1.65 bits per heavy atom. The topological polar surface area (TPSA) is 269 Å². The summed E-state index contributed by atoms with van der Waals surface area (Å²) in [6.45, 7) is -2.51. The summed E-state index contributed by atoms with van der Waals surface area (Å²) in [6.07, 6.45) is -6.09. The second-order valence-corrected chi connectivity index (χ2v) is 21.0. The number of carbonyl (C=O) groups excluding carboxylic acids is 1. The van der Waals surface area contributed by atoms with Crippen LogP contribution in [-0.4, -0.2) is 106 Å². The monoisotopic (exact) mass is 939 g/mol. The second kappa shape index (κ2) is 19.1. The summed E-state index contributed by atoms with van der Waals surface area (Å²) in [5.41, 5.74) is 6.06. The molecule has 4 aromatic heterocycles. The van der Waals surface area contributed by atoms with Crippen LogP contribution >= 0.6 is 25.8 Å². The highest BCUT2D eigenvalue weighted by Gasteiger charge is 2.54. The number of H-pyrrole nitrogens is 1. The van der Waals surface area contributed by atoms with Crippen molar-refractivity contribution in [1.29, 1.82) is 0 Å². The van der Waals surface area contributed by atoms with E-state index in [0.717, 1.165) is 32.0 Å². The van der Waals surface area contributed by atoms with Gasteiger partial charge >= 0.3 is 20.4 Å². The first kappa shape index (κ1) is 45.4. The zero-order valence-electron chi connectivity index (χ0n) is 33.9. The van der Waals surface area contributed by atoms with Crippen molar-refractivity contribution in [3.05, 3.63) is 65.0 Å². The minimum atomic E-state index is -4.74. The number of rotatable bonds is 12. The number of carbonyl (C=O) groups is 1. The van der Waals surface area contributed by atoms with E-state index >= 15 is 13.3 Å². The molecule has 0 spiro atoms. The number of aromatic nitrogens is 8. The fraction of sp³-hybridized carbons (Fsp3) is 0.541. The molecular weight excluding hydrogens is 894 g/mol. The van der Waals surface area contributed by atoms with Gasteiger partial charge in [0.2, 0.25) is 0 Å². The van der Waals surface area contributed by atoms with E-state index in [1.165, 1.54) is 28.7 Å². The highest BCUT2D eigenvalue weighted by atomic mass is 32.7. The third kappa shape index (κ3) is 10.0. The highest BCUT2D eigenvalue weighted by molar-refractivity contribution is 8.54. The van der Waals surface area contributed by atoms with E-state index < -0.39 is 88.7 Å². The average molecular weight is 940 g/mol. The molecule has 3 saturated heterocycles. The summed E-state index contributed by atoms with van der Waals surface area (Å²) in [7, 11) is -4.74. The molecule has 0 saturated carbocycles. The number of benzene rings is 1. The summed E-state index contributed by atoms with van der Waals surface area (Å²) < 4.78 is 105. The number of ether oxygens (including phenoxy) is 4. The molecule has 10 atom stereocenters. The molecule has 4 N–H and O–H groups in total. The van der Waals surface area contributed by atoms with E-state index in [1.807, 2.05) is 0 Å². The fourth-order valence-electron chi connectivity index (χ4n) is 7.38. The zero-order valence-corrected chi connectivity index (χ0v) is 36.5. The number of aryl methyl sites for hydroxylation is 1. The van der Waals surface area contributed by atoms with Crippen LogP contribution < -0.4 is 16.0 Å². The van der Waals surface area contributed by atoms with Crippen molar-refractivity contribution >= 4 is 59.9 Å². The van der Waals surface area contributed by atoms with Crippen LogP contribution in [0.1, 0.15) is 69.3 Å². The van der Waals surface area contributed by atoms with E-state index in [-0.39, 0.29) is 52.1 Å². The van der Waals surface area contributed by atoms with Crippen molar-refractivity contribution in [2.75, 3.05) is 25.3 Å². The molecular formula is C37H45F2N9O12P2S. The summed E-state index contributed by atoms with van der Waals surface area (Å²) >= 11 is 0.668. The number of fused-ring (bicyclic) bond motifs is 5. The van der Waals surface area contributed by atoms with Gasteiger partial charge in [-0.2, -0.15) is 0 Å². The van der Waals surface area contributed by atoms with Crippen molar-refractivity contribution in [1.82, 2.24) is 39.0 Å². The number of esters is 1. The summed E-state index contributed by atoms with van der Waals surface area (Å²) in [5.74, 6) is 0.106. The number of nitrogens with one attached hydrogen (secondary N) is 1. The predicted molar refractivity (Wildman–Crippen MR) is 221 cm³/mol. The molecule has 0 aliphatic carbocycles. The maximum absolute atomic E-state index is 16.7. The van der Waals surface area contributed by atoms with E-state index in [4.69, 9.17) is 38.3 Å². The van der Waals surface area contributed by atoms with Gasteiger partial charge in [-0.15, -0.1) is 0 Å². The van der Waals surface area contributed by atoms with Crippen LogP contribution in [0.2, 0.25) is 0 Å². The molecule has 3 aliphatic rings. The van der Waals surface area contributed by atoms with Crippen LogP contribution in [0, 0.1) is 6.92 Å². The van der Waals surface area contributed by atoms with Gasteiger partial charge in [0.1, 0.15) is 54.2 Å². The number of nitrogen functional groups attached to an aromatic ring is 1. The van der Waals surface area contributed by atoms with E-state index in [2.05, 4.69) is 36.8 Å². The number of nitrogens with zero attached hydrogens (tertiary/aromatic N) is 7. The number of aromatic amines is 1. The number of halogens is 2. The molecule has 3 aliphatic heterocycles. The Morgan fingerprint density at radius 1 is 0.937 bits per heavy atom. The SMILES string of the molecule is CCCCCCCC(=O)Oc1ccc(CSP2(=O)OC[C@H]3O[C@@H](n4cnc5c(N)ncnc54)[C@H](F)[C@@H]3OCP(=O)(O)OC[C@H]3O[C@@H](n4cnc5c(=O)[nH]c(C)nc54)[C@H](O2)[C@@H]3F)cc1. The number of alkyl halides is 2. The van der Waals surface area contributed by atoms with Gasteiger partial charge < -0.3 is 39.1 Å². The number of hydrogen-bond donors (Lipinski definition) is 3. The van der Waals surface area contributed by atoms with Gasteiger partial charge in [-0.1, -0.05) is 44.7 Å². The van der Waals surface area contributed by atoms with Crippen LogP contribution in [0.4, 0.5) is 14.6 Å². The van der Waals surface area contributed by atoms with Crippen molar-refractivity contribution in [2.45, 2.75) is 107 Å². The Balaban J connectivity index is 1.08. The number of hydrogen-bond acceptors (Lipinski definition) is 18. The molecule has 8 rings (SSSR count). The summed E-state index contributed by atoms with van der Waals surface area (Å²) in [6, 6.07) is 6.44.